The van der Waals surface area contributed by atoms with Gasteiger partial charge in [-0.25, -0.2) is 0 Å². The zero-order valence-corrected chi connectivity index (χ0v) is 16.6. The lowest BCUT2D eigenvalue weighted by atomic mass is 10.1. The summed E-state index contributed by atoms with van der Waals surface area (Å²) in [4.78, 5) is 12.4. The number of rotatable bonds is 8. The summed E-state index contributed by atoms with van der Waals surface area (Å²) in [6.45, 7) is 4.08. The van der Waals surface area contributed by atoms with E-state index in [0.29, 0.717) is 17.2 Å². The van der Waals surface area contributed by atoms with Crippen molar-refractivity contribution in [1.29, 1.82) is 5.26 Å². The third-order valence-electron chi connectivity index (χ3n) is 4.37. The number of nitriles is 1. The number of benzene rings is 2. The van der Waals surface area contributed by atoms with Gasteiger partial charge in [-0.1, -0.05) is 31.2 Å². The highest BCUT2D eigenvalue weighted by Gasteiger charge is 2.12. The molecule has 0 radical (unpaired) electrons. The Morgan fingerprint density at radius 2 is 1.82 bits per heavy atom. The van der Waals surface area contributed by atoms with Crippen LogP contribution in [0.5, 0.6) is 11.5 Å². The molecule has 6 nitrogen and oxygen atoms in total. The quantitative estimate of drug-likeness (QED) is 0.536. The molecule has 2 aromatic rings. The fraction of sp³-hybridized carbons (Fsp3) is 0.273. The van der Waals surface area contributed by atoms with Crippen molar-refractivity contribution >= 4 is 11.6 Å². The maximum atomic E-state index is 12.4. The summed E-state index contributed by atoms with van der Waals surface area (Å²) in [5.74, 6) is 0.543. The maximum Gasteiger partial charge on any atom is 0.267 e. The molecule has 2 N–H and O–H groups in total. The summed E-state index contributed by atoms with van der Waals surface area (Å²) in [7, 11) is 3.05. The Morgan fingerprint density at radius 1 is 1.14 bits per heavy atom. The van der Waals surface area contributed by atoms with E-state index in [1.807, 2.05) is 25.1 Å². The summed E-state index contributed by atoms with van der Waals surface area (Å²) < 4.78 is 10.4. The number of ether oxygens (including phenoxy) is 2. The molecular formula is C22H25N3O3. The highest BCUT2D eigenvalue weighted by atomic mass is 16.5. The molecular weight excluding hydrogens is 354 g/mol. The predicted molar refractivity (Wildman–Crippen MR) is 109 cm³/mol. The van der Waals surface area contributed by atoms with Gasteiger partial charge in [0.2, 0.25) is 0 Å². The van der Waals surface area contributed by atoms with Gasteiger partial charge in [0, 0.05) is 24.0 Å². The Bertz CT molecular complexity index is 883. The number of carbonyl (C=O) groups excluding carboxylic acids is 1. The number of nitrogens with zero attached hydrogens (tertiary/aromatic N) is 1. The first kappa shape index (κ1) is 20.8. The molecule has 0 fully saturated rings. The molecule has 0 aliphatic heterocycles. The fourth-order valence-electron chi connectivity index (χ4n) is 2.61. The van der Waals surface area contributed by atoms with Crippen molar-refractivity contribution in [3.05, 3.63) is 65.4 Å². The molecule has 1 unspecified atom stereocenters. The standard InChI is InChI=1S/C22H25N3O3/c1-5-16-6-8-17(9-7-16)15(2)24-14-18(13-23)22(26)25-19-10-11-20(27-3)21(12-19)28-4/h6-12,14-15,24H,5H2,1-4H3,(H,25,26)/b18-14-. The summed E-state index contributed by atoms with van der Waals surface area (Å²) in [5.41, 5.74) is 2.82. The zero-order valence-electron chi connectivity index (χ0n) is 16.6. The molecule has 0 spiro atoms. The topological polar surface area (TPSA) is 83.4 Å². The van der Waals surface area contributed by atoms with Crippen molar-refractivity contribution in [2.75, 3.05) is 19.5 Å². The monoisotopic (exact) mass is 379 g/mol. The first-order valence-electron chi connectivity index (χ1n) is 9.00. The molecule has 1 amide bonds. The third-order valence-corrected chi connectivity index (χ3v) is 4.37. The van der Waals surface area contributed by atoms with Crippen LogP contribution >= 0.6 is 0 Å². The Balaban J connectivity index is 2.06. The van der Waals surface area contributed by atoms with Crippen LogP contribution in [0, 0.1) is 11.3 Å². The van der Waals surface area contributed by atoms with Gasteiger partial charge in [0.1, 0.15) is 11.6 Å². The lowest BCUT2D eigenvalue weighted by Gasteiger charge is -2.14. The van der Waals surface area contributed by atoms with E-state index >= 15 is 0 Å². The summed E-state index contributed by atoms with van der Waals surface area (Å²) in [6, 6.07) is 15.1. The van der Waals surface area contributed by atoms with Crippen LogP contribution in [0.15, 0.2) is 54.2 Å². The number of aryl methyl sites for hydroxylation is 1. The van der Waals surface area contributed by atoms with Crippen LogP contribution in [0.2, 0.25) is 0 Å². The van der Waals surface area contributed by atoms with Crippen LogP contribution in [0.4, 0.5) is 5.69 Å². The van der Waals surface area contributed by atoms with Gasteiger partial charge >= 0.3 is 0 Å². The smallest absolute Gasteiger partial charge is 0.267 e. The van der Waals surface area contributed by atoms with Crippen LogP contribution in [-0.2, 0) is 11.2 Å². The minimum atomic E-state index is -0.504. The third kappa shape index (κ3) is 5.27. The largest absolute Gasteiger partial charge is 0.493 e. The van der Waals surface area contributed by atoms with E-state index in [4.69, 9.17) is 9.47 Å². The van der Waals surface area contributed by atoms with Crippen LogP contribution in [0.1, 0.15) is 31.0 Å². The Hall–Kier alpha value is -3.46. The van der Waals surface area contributed by atoms with E-state index in [1.54, 1.807) is 18.2 Å². The molecule has 0 saturated carbocycles. The lowest BCUT2D eigenvalue weighted by molar-refractivity contribution is -0.112. The number of hydrogen-bond donors (Lipinski definition) is 2. The second-order valence-corrected chi connectivity index (χ2v) is 6.18. The fourth-order valence-corrected chi connectivity index (χ4v) is 2.61. The van der Waals surface area contributed by atoms with E-state index in [0.717, 1.165) is 12.0 Å². The number of nitrogens with one attached hydrogen (secondary N) is 2. The van der Waals surface area contributed by atoms with Crippen molar-refractivity contribution in [3.63, 3.8) is 0 Å². The molecule has 0 aliphatic rings. The van der Waals surface area contributed by atoms with Crippen molar-refractivity contribution in [2.45, 2.75) is 26.3 Å². The summed E-state index contributed by atoms with van der Waals surface area (Å²) in [5, 5.41) is 15.1. The molecule has 146 valence electrons. The van der Waals surface area contributed by atoms with E-state index in [2.05, 4.69) is 29.7 Å². The van der Waals surface area contributed by atoms with Gasteiger partial charge in [0.25, 0.3) is 5.91 Å². The molecule has 0 bridgehead atoms. The highest BCUT2D eigenvalue weighted by Crippen LogP contribution is 2.29. The van der Waals surface area contributed by atoms with Gasteiger partial charge in [-0.2, -0.15) is 5.26 Å². The number of hydrogen-bond acceptors (Lipinski definition) is 5. The van der Waals surface area contributed by atoms with Gasteiger partial charge in [-0.3, -0.25) is 4.79 Å². The molecule has 2 rings (SSSR count). The molecule has 2 aromatic carbocycles. The zero-order chi connectivity index (χ0) is 20.5. The number of carbonyl (C=O) groups is 1. The average molecular weight is 379 g/mol. The van der Waals surface area contributed by atoms with Crippen molar-refractivity contribution < 1.29 is 14.3 Å². The summed E-state index contributed by atoms with van der Waals surface area (Å²) >= 11 is 0. The normalized spacial score (nSPS) is 11.9. The second kappa shape index (κ2) is 10.0. The molecule has 0 heterocycles. The molecule has 0 saturated heterocycles. The Labute approximate surface area is 165 Å². The van der Waals surface area contributed by atoms with Gasteiger partial charge in [0.15, 0.2) is 11.5 Å². The predicted octanol–water partition coefficient (Wildman–Crippen LogP) is 3.96. The Kier molecular flexibility index (Phi) is 7.46. The molecule has 0 aliphatic carbocycles. The number of amides is 1. The number of methoxy groups -OCH3 is 2. The second-order valence-electron chi connectivity index (χ2n) is 6.18. The highest BCUT2D eigenvalue weighted by molar-refractivity contribution is 6.06. The van der Waals surface area contributed by atoms with E-state index in [-0.39, 0.29) is 11.6 Å². The van der Waals surface area contributed by atoms with Crippen LogP contribution in [-0.4, -0.2) is 20.1 Å². The molecule has 0 aromatic heterocycles. The first-order chi connectivity index (χ1) is 13.5. The van der Waals surface area contributed by atoms with Gasteiger partial charge in [-0.15, -0.1) is 0 Å². The molecule has 28 heavy (non-hydrogen) atoms. The first-order valence-corrected chi connectivity index (χ1v) is 9.00. The van der Waals surface area contributed by atoms with E-state index in [9.17, 15) is 10.1 Å². The SMILES string of the molecule is CCc1ccc(C(C)N/C=C(/C#N)C(=O)Nc2ccc(OC)c(OC)c2)cc1. The minimum absolute atomic E-state index is 0.0215. The molecule has 1 atom stereocenters. The van der Waals surface area contributed by atoms with Crippen molar-refractivity contribution in [2.24, 2.45) is 0 Å². The van der Waals surface area contributed by atoms with Crippen LogP contribution in [0.3, 0.4) is 0 Å². The summed E-state index contributed by atoms with van der Waals surface area (Å²) in [6.07, 6.45) is 2.42. The van der Waals surface area contributed by atoms with E-state index in [1.165, 1.54) is 26.0 Å². The number of anilines is 1. The molecule has 6 heteroatoms. The van der Waals surface area contributed by atoms with Crippen molar-refractivity contribution in [3.8, 4) is 17.6 Å². The van der Waals surface area contributed by atoms with Crippen LogP contribution in [0.25, 0.3) is 0 Å². The average Bonchev–Trinajstić information content (AvgIpc) is 2.73. The van der Waals surface area contributed by atoms with Gasteiger partial charge in [-0.05, 0) is 36.6 Å². The van der Waals surface area contributed by atoms with Gasteiger partial charge < -0.3 is 20.1 Å². The van der Waals surface area contributed by atoms with E-state index < -0.39 is 5.91 Å². The maximum absolute atomic E-state index is 12.4. The van der Waals surface area contributed by atoms with Crippen LogP contribution < -0.4 is 20.1 Å². The lowest BCUT2D eigenvalue weighted by Crippen LogP contribution is -2.18. The van der Waals surface area contributed by atoms with Crippen molar-refractivity contribution in [1.82, 2.24) is 5.32 Å². The minimum Gasteiger partial charge on any atom is -0.493 e. The Morgan fingerprint density at radius 3 is 2.39 bits per heavy atom. The van der Waals surface area contributed by atoms with Gasteiger partial charge in [0.05, 0.1) is 14.2 Å².